The fourth-order valence-corrected chi connectivity index (χ4v) is 3.46. The molecule has 3 aromatic heterocycles. The van der Waals surface area contributed by atoms with E-state index in [9.17, 15) is 0 Å². The van der Waals surface area contributed by atoms with Gasteiger partial charge in [0.15, 0.2) is 0 Å². The van der Waals surface area contributed by atoms with Gasteiger partial charge >= 0.3 is 0 Å². The van der Waals surface area contributed by atoms with Crippen LogP contribution in [0.1, 0.15) is 11.1 Å². The number of H-pyrrole nitrogens is 1. The second-order valence-corrected chi connectivity index (χ2v) is 6.83. The Bertz CT molecular complexity index is 1240. The van der Waals surface area contributed by atoms with Gasteiger partial charge in [-0.15, -0.1) is 0 Å². The molecule has 28 heavy (non-hydrogen) atoms. The smallest absolute Gasteiger partial charge is 0.141 e. The molecule has 3 heterocycles. The molecule has 0 aliphatic carbocycles. The number of aromatic amines is 1. The maximum Gasteiger partial charge on any atom is 0.141 e. The van der Waals surface area contributed by atoms with Crippen molar-refractivity contribution < 1.29 is 0 Å². The highest BCUT2D eigenvalue weighted by Crippen LogP contribution is 2.26. The molecule has 0 saturated heterocycles. The van der Waals surface area contributed by atoms with Gasteiger partial charge in [0.25, 0.3) is 0 Å². The highest BCUT2D eigenvalue weighted by molar-refractivity contribution is 5.92. The molecule has 2 aromatic carbocycles. The standard InChI is InChI=1S/C23H19N5/c1(16-7-10-24-11-8-16)2-17-3-5-22-20(13-17)23(27-15-26-22)28-19-4-6-21-18(14-19)9-12-25-21/h3-15,25H,1-2H2,(H,26,27,28). The Labute approximate surface area is 162 Å². The van der Waals surface area contributed by atoms with E-state index >= 15 is 0 Å². The zero-order valence-electron chi connectivity index (χ0n) is 15.3. The summed E-state index contributed by atoms with van der Waals surface area (Å²) in [5.74, 6) is 0.825. The number of hydrogen-bond donors (Lipinski definition) is 2. The molecule has 0 saturated carbocycles. The Morgan fingerprint density at radius 1 is 0.821 bits per heavy atom. The van der Waals surface area contributed by atoms with Gasteiger partial charge in [0, 0.05) is 40.6 Å². The van der Waals surface area contributed by atoms with Crippen molar-refractivity contribution >= 4 is 33.3 Å². The molecule has 5 heteroatoms. The minimum atomic E-state index is 0.825. The number of aromatic nitrogens is 4. The molecule has 0 fully saturated rings. The van der Waals surface area contributed by atoms with Crippen LogP contribution in [0, 0.1) is 0 Å². The summed E-state index contributed by atoms with van der Waals surface area (Å²) in [4.78, 5) is 16.2. The predicted octanol–water partition coefficient (Wildman–Crippen LogP) is 5.03. The predicted molar refractivity (Wildman–Crippen MR) is 113 cm³/mol. The lowest BCUT2D eigenvalue weighted by atomic mass is 10.0. The Balaban J connectivity index is 1.44. The maximum atomic E-state index is 4.49. The Kier molecular flexibility index (Phi) is 4.18. The van der Waals surface area contributed by atoms with E-state index in [4.69, 9.17) is 0 Å². The third-order valence-corrected chi connectivity index (χ3v) is 4.97. The van der Waals surface area contributed by atoms with Gasteiger partial charge in [-0.05, 0) is 72.5 Å². The van der Waals surface area contributed by atoms with E-state index in [1.165, 1.54) is 16.5 Å². The summed E-state index contributed by atoms with van der Waals surface area (Å²) in [5.41, 5.74) is 5.62. The number of hydrogen-bond acceptors (Lipinski definition) is 4. The molecule has 0 bridgehead atoms. The first-order valence-corrected chi connectivity index (χ1v) is 9.32. The quantitative estimate of drug-likeness (QED) is 0.458. The molecule has 5 nitrogen and oxygen atoms in total. The first-order chi connectivity index (χ1) is 13.8. The van der Waals surface area contributed by atoms with Gasteiger partial charge in [0.2, 0.25) is 0 Å². The zero-order valence-corrected chi connectivity index (χ0v) is 15.3. The average Bonchev–Trinajstić information content (AvgIpc) is 3.21. The monoisotopic (exact) mass is 365 g/mol. The highest BCUT2D eigenvalue weighted by atomic mass is 15.0. The van der Waals surface area contributed by atoms with Gasteiger partial charge in [0.05, 0.1) is 5.52 Å². The average molecular weight is 365 g/mol. The topological polar surface area (TPSA) is 66.5 Å². The number of pyridine rings is 1. The molecule has 136 valence electrons. The SMILES string of the molecule is c1cc(CCc2ccc3ncnc(Nc4ccc5[nH]ccc5c4)c3c2)ccn1. The van der Waals surface area contributed by atoms with E-state index in [2.05, 4.69) is 79.9 Å². The normalized spacial score (nSPS) is 11.1. The molecule has 0 aliphatic heterocycles. The van der Waals surface area contributed by atoms with Gasteiger partial charge in [-0.2, -0.15) is 0 Å². The third-order valence-electron chi connectivity index (χ3n) is 4.97. The molecule has 0 spiro atoms. The van der Waals surface area contributed by atoms with Crippen molar-refractivity contribution in [2.24, 2.45) is 0 Å². The molecule has 0 unspecified atom stereocenters. The Morgan fingerprint density at radius 2 is 1.71 bits per heavy atom. The zero-order chi connectivity index (χ0) is 18.8. The number of nitrogens with one attached hydrogen (secondary N) is 2. The minimum absolute atomic E-state index is 0.825. The Morgan fingerprint density at radius 3 is 2.64 bits per heavy atom. The van der Waals surface area contributed by atoms with Gasteiger partial charge in [0.1, 0.15) is 12.1 Å². The molecule has 0 radical (unpaired) electrons. The fourth-order valence-electron chi connectivity index (χ4n) is 3.46. The first kappa shape index (κ1) is 16.4. The van der Waals surface area contributed by atoms with Crippen LogP contribution in [0.15, 0.2) is 79.5 Å². The van der Waals surface area contributed by atoms with Gasteiger partial charge in [-0.1, -0.05) is 6.07 Å². The number of fused-ring (bicyclic) bond motifs is 2. The number of rotatable bonds is 5. The maximum absolute atomic E-state index is 4.49. The molecule has 5 rings (SSSR count). The largest absolute Gasteiger partial charge is 0.361 e. The number of benzene rings is 2. The summed E-state index contributed by atoms with van der Waals surface area (Å²) in [6.07, 6.45) is 9.18. The number of nitrogens with zero attached hydrogens (tertiary/aromatic N) is 3. The molecule has 2 N–H and O–H groups in total. The molecule has 0 amide bonds. The van der Waals surface area contributed by atoms with Crippen LogP contribution in [-0.2, 0) is 12.8 Å². The Hall–Kier alpha value is -3.73. The summed E-state index contributed by atoms with van der Waals surface area (Å²) >= 11 is 0. The van der Waals surface area contributed by atoms with Crippen LogP contribution >= 0.6 is 0 Å². The summed E-state index contributed by atoms with van der Waals surface area (Å²) in [5, 5.41) is 5.66. The second kappa shape index (κ2) is 7.12. The highest BCUT2D eigenvalue weighted by Gasteiger charge is 2.07. The first-order valence-electron chi connectivity index (χ1n) is 9.32. The minimum Gasteiger partial charge on any atom is -0.361 e. The lowest BCUT2D eigenvalue weighted by Crippen LogP contribution is -1.97. The van der Waals surface area contributed by atoms with Crippen LogP contribution in [0.25, 0.3) is 21.8 Å². The van der Waals surface area contributed by atoms with Crippen molar-refractivity contribution in [3.05, 3.63) is 90.6 Å². The molecular weight excluding hydrogens is 346 g/mol. The van der Waals surface area contributed by atoms with Crippen molar-refractivity contribution in [1.82, 2.24) is 19.9 Å². The van der Waals surface area contributed by atoms with E-state index in [0.717, 1.165) is 40.8 Å². The summed E-state index contributed by atoms with van der Waals surface area (Å²) in [6, 6.07) is 18.8. The van der Waals surface area contributed by atoms with E-state index in [-0.39, 0.29) is 0 Å². The van der Waals surface area contributed by atoms with E-state index in [1.54, 1.807) is 6.33 Å². The van der Waals surface area contributed by atoms with Crippen LogP contribution in [0.3, 0.4) is 0 Å². The van der Waals surface area contributed by atoms with E-state index in [1.807, 2.05) is 18.6 Å². The second-order valence-electron chi connectivity index (χ2n) is 6.83. The van der Waals surface area contributed by atoms with Gasteiger partial charge < -0.3 is 10.3 Å². The molecule has 5 aromatic rings. The van der Waals surface area contributed by atoms with E-state index in [0.29, 0.717) is 0 Å². The van der Waals surface area contributed by atoms with E-state index < -0.39 is 0 Å². The van der Waals surface area contributed by atoms with Crippen LogP contribution in [0.4, 0.5) is 11.5 Å². The van der Waals surface area contributed by atoms with Crippen LogP contribution in [-0.4, -0.2) is 19.9 Å². The van der Waals surface area contributed by atoms with Gasteiger partial charge in [-0.25, -0.2) is 9.97 Å². The summed E-state index contributed by atoms with van der Waals surface area (Å²) < 4.78 is 0. The molecule has 0 atom stereocenters. The number of aryl methyl sites for hydroxylation is 2. The van der Waals surface area contributed by atoms with Crippen molar-refractivity contribution in [3.63, 3.8) is 0 Å². The lowest BCUT2D eigenvalue weighted by Gasteiger charge is -2.10. The fraction of sp³-hybridized carbons (Fsp3) is 0.0870. The summed E-state index contributed by atoms with van der Waals surface area (Å²) in [6.45, 7) is 0. The summed E-state index contributed by atoms with van der Waals surface area (Å²) in [7, 11) is 0. The molecular formula is C23H19N5. The van der Waals surface area contributed by atoms with Crippen LogP contribution < -0.4 is 5.32 Å². The third kappa shape index (κ3) is 3.30. The van der Waals surface area contributed by atoms with Crippen molar-refractivity contribution in [2.75, 3.05) is 5.32 Å². The number of anilines is 2. The molecule has 0 aliphatic rings. The van der Waals surface area contributed by atoms with Gasteiger partial charge in [-0.3, -0.25) is 4.98 Å². The van der Waals surface area contributed by atoms with Crippen molar-refractivity contribution in [1.29, 1.82) is 0 Å². The van der Waals surface area contributed by atoms with Crippen molar-refractivity contribution in [2.45, 2.75) is 12.8 Å². The lowest BCUT2D eigenvalue weighted by molar-refractivity contribution is 0.957. The van der Waals surface area contributed by atoms with Crippen LogP contribution in [0.5, 0.6) is 0 Å². The van der Waals surface area contributed by atoms with Crippen LogP contribution in [0.2, 0.25) is 0 Å². The van der Waals surface area contributed by atoms with Crippen molar-refractivity contribution in [3.8, 4) is 0 Å².